The molecule has 0 aliphatic carbocycles. The Hall–Kier alpha value is -2.84. The monoisotopic (exact) mass is 383 g/mol. The third-order valence-electron chi connectivity index (χ3n) is 4.14. The molecule has 0 spiro atoms. The first-order valence-electron chi connectivity index (χ1n) is 8.17. The second-order valence-corrected chi connectivity index (χ2v) is 6.85. The lowest BCUT2D eigenvalue weighted by atomic mass is 9.90. The molecule has 0 aliphatic rings. The van der Waals surface area contributed by atoms with Crippen LogP contribution in [0.25, 0.3) is 5.69 Å². The molecule has 9 heteroatoms. The van der Waals surface area contributed by atoms with E-state index in [9.17, 15) is 22.8 Å². The molecule has 6 nitrogen and oxygen atoms in total. The van der Waals surface area contributed by atoms with Crippen molar-refractivity contribution in [1.29, 1.82) is 0 Å². The van der Waals surface area contributed by atoms with Crippen LogP contribution in [0.15, 0.2) is 30.5 Å². The van der Waals surface area contributed by atoms with Crippen LogP contribution in [0.5, 0.6) is 0 Å². The van der Waals surface area contributed by atoms with Gasteiger partial charge in [-0.05, 0) is 44.9 Å². The maximum Gasteiger partial charge on any atom is 0.434 e. The van der Waals surface area contributed by atoms with Gasteiger partial charge in [0.25, 0.3) is 5.91 Å². The summed E-state index contributed by atoms with van der Waals surface area (Å²) in [6, 6.07) is 6.32. The van der Waals surface area contributed by atoms with Gasteiger partial charge < -0.3 is 10.4 Å². The molecular weight excluding hydrogens is 363 g/mol. The first-order chi connectivity index (χ1) is 12.4. The van der Waals surface area contributed by atoms with Gasteiger partial charge in [0.05, 0.1) is 22.9 Å². The van der Waals surface area contributed by atoms with Gasteiger partial charge in [0.1, 0.15) is 0 Å². The van der Waals surface area contributed by atoms with Crippen LogP contribution in [0, 0.1) is 12.3 Å². The molecule has 0 radical (unpaired) electrons. The summed E-state index contributed by atoms with van der Waals surface area (Å²) in [5.74, 6) is -2.01. The highest BCUT2D eigenvalue weighted by atomic mass is 19.4. The topological polar surface area (TPSA) is 84.2 Å². The van der Waals surface area contributed by atoms with Crippen LogP contribution in [-0.2, 0) is 11.0 Å². The minimum Gasteiger partial charge on any atom is -0.481 e. The van der Waals surface area contributed by atoms with Gasteiger partial charge in [0.15, 0.2) is 5.69 Å². The molecule has 2 aromatic rings. The largest absolute Gasteiger partial charge is 0.481 e. The molecule has 1 aromatic carbocycles. The summed E-state index contributed by atoms with van der Waals surface area (Å²) in [5, 5.41) is 15.1. The van der Waals surface area contributed by atoms with Crippen molar-refractivity contribution in [2.24, 2.45) is 5.41 Å². The van der Waals surface area contributed by atoms with E-state index in [-0.39, 0.29) is 18.7 Å². The zero-order chi connectivity index (χ0) is 20.4. The first kappa shape index (κ1) is 20.5. The average molecular weight is 383 g/mol. The number of carboxylic acid groups (broad SMARTS) is 1. The van der Waals surface area contributed by atoms with Crippen molar-refractivity contribution < 1.29 is 27.9 Å². The minimum atomic E-state index is -4.80. The number of carbonyl (C=O) groups excluding carboxylic acids is 1. The van der Waals surface area contributed by atoms with Crippen LogP contribution in [0.3, 0.4) is 0 Å². The Bertz CT molecular complexity index is 857. The molecule has 1 heterocycles. The van der Waals surface area contributed by atoms with Crippen molar-refractivity contribution in [3.8, 4) is 5.69 Å². The standard InChI is InChI=1S/C18H20F3N3O3/c1-11-5-4-6-12(9-11)24-14(18(19,20)21)13(10-23-24)15(25)22-8-7-17(2,3)16(26)27/h4-6,9-10H,7-8H2,1-3H3,(H,22,25)(H,26,27). The Kier molecular flexibility index (Phi) is 5.62. The SMILES string of the molecule is Cc1cccc(-n2ncc(C(=O)NCCC(C)(C)C(=O)O)c2C(F)(F)F)c1. The number of rotatable bonds is 6. The Balaban J connectivity index is 2.29. The predicted octanol–water partition coefficient (Wildman–Crippen LogP) is 3.43. The molecule has 2 N–H and O–H groups in total. The van der Waals surface area contributed by atoms with Crippen molar-refractivity contribution in [3.05, 3.63) is 47.3 Å². The third-order valence-corrected chi connectivity index (χ3v) is 4.14. The molecule has 0 saturated heterocycles. The quantitative estimate of drug-likeness (QED) is 0.801. The number of alkyl halides is 3. The van der Waals surface area contributed by atoms with Gasteiger partial charge in [-0.1, -0.05) is 12.1 Å². The lowest BCUT2D eigenvalue weighted by Gasteiger charge is -2.19. The summed E-state index contributed by atoms with van der Waals surface area (Å²) in [5.41, 5.74) is -1.96. The number of carbonyl (C=O) groups is 2. The lowest BCUT2D eigenvalue weighted by Crippen LogP contribution is -2.32. The van der Waals surface area contributed by atoms with Crippen molar-refractivity contribution in [2.45, 2.75) is 33.4 Å². The van der Waals surface area contributed by atoms with Gasteiger partial charge in [0.2, 0.25) is 0 Å². The number of nitrogens with one attached hydrogen (secondary N) is 1. The maximum atomic E-state index is 13.6. The van der Waals surface area contributed by atoms with E-state index in [0.29, 0.717) is 4.68 Å². The van der Waals surface area contributed by atoms with E-state index >= 15 is 0 Å². The number of aromatic nitrogens is 2. The summed E-state index contributed by atoms with van der Waals surface area (Å²) in [6.07, 6.45) is -3.86. The molecule has 1 amide bonds. The van der Waals surface area contributed by atoms with Crippen LogP contribution < -0.4 is 5.32 Å². The number of aliphatic carboxylic acids is 1. The lowest BCUT2D eigenvalue weighted by molar-refractivity contribution is -0.147. The van der Waals surface area contributed by atoms with E-state index in [4.69, 9.17) is 5.11 Å². The normalized spacial score (nSPS) is 12.1. The Morgan fingerprint density at radius 2 is 1.93 bits per heavy atom. The zero-order valence-electron chi connectivity index (χ0n) is 15.1. The van der Waals surface area contributed by atoms with E-state index in [1.54, 1.807) is 19.1 Å². The number of halogens is 3. The molecular formula is C18H20F3N3O3. The van der Waals surface area contributed by atoms with Crippen LogP contribution in [-0.4, -0.2) is 33.3 Å². The van der Waals surface area contributed by atoms with E-state index in [0.717, 1.165) is 11.8 Å². The van der Waals surface area contributed by atoms with Gasteiger partial charge in [-0.2, -0.15) is 18.3 Å². The number of benzene rings is 1. The maximum absolute atomic E-state index is 13.6. The molecule has 0 aliphatic heterocycles. The fraction of sp³-hybridized carbons (Fsp3) is 0.389. The second-order valence-electron chi connectivity index (χ2n) is 6.85. The first-order valence-corrected chi connectivity index (χ1v) is 8.17. The molecule has 0 fully saturated rings. The smallest absolute Gasteiger partial charge is 0.434 e. The van der Waals surface area contributed by atoms with Gasteiger partial charge in [-0.3, -0.25) is 9.59 Å². The van der Waals surface area contributed by atoms with Crippen molar-refractivity contribution in [2.75, 3.05) is 6.54 Å². The van der Waals surface area contributed by atoms with Crippen LogP contribution >= 0.6 is 0 Å². The van der Waals surface area contributed by atoms with E-state index < -0.39 is 34.7 Å². The molecule has 27 heavy (non-hydrogen) atoms. The number of aryl methyl sites for hydroxylation is 1. The fourth-order valence-corrected chi connectivity index (χ4v) is 2.43. The number of hydrogen-bond acceptors (Lipinski definition) is 3. The minimum absolute atomic E-state index is 0.0709. The van der Waals surface area contributed by atoms with Gasteiger partial charge >= 0.3 is 12.1 Å². The van der Waals surface area contributed by atoms with Crippen LogP contribution in [0.1, 0.15) is 41.9 Å². The summed E-state index contributed by atoms with van der Waals surface area (Å²) in [4.78, 5) is 23.3. The van der Waals surface area contributed by atoms with Crippen LogP contribution in [0.2, 0.25) is 0 Å². The van der Waals surface area contributed by atoms with Gasteiger partial charge in [0, 0.05) is 6.54 Å². The highest BCUT2D eigenvalue weighted by Crippen LogP contribution is 2.33. The molecule has 0 bridgehead atoms. The highest BCUT2D eigenvalue weighted by Gasteiger charge is 2.40. The Morgan fingerprint density at radius 1 is 1.26 bits per heavy atom. The second kappa shape index (κ2) is 7.42. The molecule has 0 unspecified atom stereocenters. The Labute approximate surface area is 154 Å². The van der Waals surface area contributed by atoms with Crippen molar-refractivity contribution >= 4 is 11.9 Å². The van der Waals surface area contributed by atoms with E-state index in [1.165, 1.54) is 26.0 Å². The summed E-state index contributed by atoms with van der Waals surface area (Å²) < 4.78 is 41.4. The van der Waals surface area contributed by atoms with Crippen LogP contribution in [0.4, 0.5) is 13.2 Å². The molecule has 1 aromatic heterocycles. The number of hydrogen-bond donors (Lipinski definition) is 2. The average Bonchev–Trinajstić information content (AvgIpc) is 2.99. The summed E-state index contributed by atoms with van der Waals surface area (Å²) >= 11 is 0. The highest BCUT2D eigenvalue weighted by molar-refractivity contribution is 5.95. The van der Waals surface area contributed by atoms with E-state index in [1.807, 2.05) is 0 Å². The zero-order valence-corrected chi connectivity index (χ0v) is 15.1. The molecule has 146 valence electrons. The fourth-order valence-electron chi connectivity index (χ4n) is 2.43. The van der Waals surface area contributed by atoms with E-state index in [2.05, 4.69) is 10.4 Å². The van der Waals surface area contributed by atoms with Crippen molar-refractivity contribution in [1.82, 2.24) is 15.1 Å². The number of amides is 1. The Morgan fingerprint density at radius 3 is 2.48 bits per heavy atom. The van der Waals surface area contributed by atoms with Gasteiger partial charge in [-0.15, -0.1) is 0 Å². The number of carboxylic acids is 1. The molecule has 0 saturated carbocycles. The molecule has 0 atom stereocenters. The number of nitrogens with zero attached hydrogens (tertiary/aromatic N) is 2. The van der Waals surface area contributed by atoms with Crippen molar-refractivity contribution in [3.63, 3.8) is 0 Å². The third kappa shape index (κ3) is 4.66. The molecule has 2 rings (SSSR count). The predicted molar refractivity (Wildman–Crippen MR) is 91.7 cm³/mol. The summed E-state index contributed by atoms with van der Waals surface area (Å²) in [6.45, 7) is 4.60. The summed E-state index contributed by atoms with van der Waals surface area (Å²) in [7, 11) is 0. The van der Waals surface area contributed by atoms with Gasteiger partial charge in [-0.25, -0.2) is 4.68 Å².